The number of nitrogens with zero attached hydrogens (tertiary/aromatic N) is 1. The molecule has 0 aromatic carbocycles. The minimum atomic E-state index is -4.01. The molecule has 1 aromatic heterocycles. The van der Waals surface area contributed by atoms with Gasteiger partial charge in [-0.25, -0.2) is 13.6 Å². The highest BCUT2D eigenvalue weighted by atomic mass is 32.2. The van der Waals surface area contributed by atoms with E-state index in [2.05, 4.69) is 15.5 Å². The van der Waals surface area contributed by atoms with Gasteiger partial charge in [-0.3, -0.25) is 9.89 Å². The molecule has 0 aliphatic heterocycles. The summed E-state index contributed by atoms with van der Waals surface area (Å²) in [6.07, 6.45) is 1.52. The van der Waals surface area contributed by atoms with Crippen molar-refractivity contribution in [2.45, 2.75) is 57.4 Å². The fraction of sp³-hybridized carbons (Fsp3) is 0.667. The normalized spacial score (nSPS) is 12.2. The average molecular weight is 302 g/mol. The third-order valence-corrected chi connectivity index (χ3v) is 4.13. The van der Waals surface area contributed by atoms with Gasteiger partial charge in [-0.15, -0.1) is 0 Å². The third-order valence-electron chi connectivity index (χ3n) is 3.15. The van der Waals surface area contributed by atoms with E-state index in [1.807, 2.05) is 13.8 Å². The van der Waals surface area contributed by atoms with Gasteiger partial charge in [0, 0.05) is 6.04 Å². The summed E-state index contributed by atoms with van der Waals surface area (Å²) in [5.74, 6) is -0.656. The Morgan fingerprint density at radius 2 is 1.90 bits per heavy atom. The Labute approximate surface area is 119 Å². The topological polar surface area (TPSA) is 118 Å². The van der Waals surface area contributed by atoms with Crippen LogP contribution in [0.25, 0.3) is 0 Å². The molecule has 0 unspecified atom stereocenters. The molecular formula is C12H22N4O3S. The van der Waals surface area contributed by atoms with E-state index >= 15 is 0 Å². The molecule has 0 saturated carbocycles. The van der Waals surface area contributed by atoms with Crippen LogP contribution in [0, 0.1) is 0 Å². The molecule has 1 heterocycles. The minimum Gasteiger partial charge on any atom is -0.348 e. The number of nitrogens with one attached hydrogen (secondary N) is 2. The predicted octanol–water partition coefficient (Wildman–Crippen LogP) is 1.10. The molecule has 0 radical (unpaired) electrons. The van der Waals surface area contributed by atoms with E-state index in [1.165, 1.54) is 0 Å². The Bertz CT molecular complexity index is 574. The summed E-state index contributed by atoms with van der Waals surface area (Å²) < 4.78 is 23.4. The van der Waals surface area contributed by atoms with E-state index in [4.69, 9.17) is 5.14 Å². The van der Waals surface area contributed by atoms with E-state index in [-0.39, 0.29) is 22.5 Å². The SMILES string of the molecule is CCC(CC)NC(=O)c1n[nH]c(C(C)C)c1S(N)(=O)=O. The number of nitrogens with two attached hydrogens (primary N) is 1. The van der Waals surface area contributed by atoms with Crippen LogP contribution in [0.4, 0.5) is 0 Å². The van der Waals surface area contributed by atoms with E-state index in [0.29, 0.717) is 5.69 Å². The summed E-state index contributed by atoms with van der Waals surface area (Å²) in [5.41, 5.74) is 0.185. The van der Waals surface area contributed by atoms with Gasteiger partial charge in [-0.1, -0.05) is 27.7 Å². The molecule has 7 nitrogen and oxygen atoms in total. The Morgan fingerprint density at radius 3 is 2.30 bits per heavy atom. The van der Waals surface area contributed by atoms with Crippen LogP contribution in [0.5, 0.6) is 0 Å². The molecule has 20 heavy (non-hydrogen) atoms. The summed E-state index contributed by atoms with van der Waals surface area (Å²) in [6, 6.07) is -0.0185. The van der Waals surface area contributed by atoms with Gasteiger partial charge in [0.2, 0.25) is 10.0 Å². The average Bonchev–Trinajstić information content (AvgIpc) is 2.80. The molecule has 8 heteroatoms. The number of hydrogen-bond donors (Lipinski definition) is 3. The predicted molar refractivity (Wildman–Crippen MR) is 75.9 cm³/mol. The first-order valence-corrected chi connectivity index (χ1v) is 8.18. The van der Waals surface area contributed by atoms with Gasteiger partial charge in [0.25, 0.3) is 5.91 Å². The highest BCUT2D eigenvalue weighted by Gasteiger charge is 2.29. The van der Waals surface area contributed by atoms with Crippen LogP contribution in [0.15, 0.2) is 4.90 Å². The Kier molecular flexibility index (Phi) is 5.29. The number of aromatic nitrogens is 2. The lowest BCUT2D eigenvalue weighted by molar-refractivity contribution is 0.0926. The number of primary sulfonamides is 1. The highest BCUT2D eigenvalue weighted by Crippen LogP contribution is 2.23. The lowest BCUT2D eigenvalue weighted by Crippen LogP contribution is -2.35. The fourth-order valence-corrected chi connectivity index (χ4v) is 2.92. The second-order valence-electron chi connectivity index (χ2n) is 5.00. The van der Waals surface area contributed by atoms with Crippen molar-refractivity contribution < 1.29 is 13.2 Å². The first kappa shape index (κ1) is 16.6. The molecular weight excluding hydrogens is 280 g/mol. The summed E-state index contributed by atoms with van der Waals surface area (Å²) in [5, 5.41) is 14.4. The number of amides is 1. The maximum absolute atomic E-state index is 12.2. The molecule has 0 atom stereocenters. The van der Waals surface area contributed by atoms with E-state index in [0.717, 1.165) is 12.8 Å². The number of rotatable bonds is 6. The number of aromatic amines is 1. The third kappa shape index (κ3) is 3.57. The smallest absolute Gasteiger partial charge is 0.273 e. The van der Waals surface area contributed by atoms with Crippen LogP contribution in [0.2, 0.25) is 0 Å². The molecule has 0 aliphatic carbocycles. The number of hydrogen-bond acceptors (Lipinski definition) is 4. The zero-order chi connectivity index (χ0) is 15.5. The first-order valence-electron chi connectivity index (χ1n) is 6.64. The molecule has 1 rings (SSSR count). The minimum absolute atomic E-state index is 0.0185. The second-order valence-corrected chi connectivity index (χ2v) is 6.50. The van der Waals surface area contributed by atoms with Crippen molar-refractivity contribution in [3.05, 3.63) is 11.4 Å². The number of carbonyl (C=O) groups is 1. The van der Waals surface area contributed by atoms with Crippen LogP contribution in [0.1, 0.15) is 62.6 Å². The monoisotopic (exact) mass is 302 g/mol. The molecule has 0 aliphatic rings. The van der Waals surface area contributed by atoms with Gasteiger partial charge >= 0.3 is 0 Å². The second kappa shape index (κ2) is 6.36. The van der Waals surface area contributed by atoms with Crippen molar-refractivity contribution in [3.8, 4) is 0 Å². The highest BCUT2D eigenvalue weighted by molar-refractivity contribution is 7.89. The molecule has 0 spiro atoms. The van der Waals surface area contributed by atoms with Crippen LogP contribution in [-0.2, 0) is 10.0 Å². The zero-order valence-electron chi connectivity index (χ0n) is 12.2. The number of carbonyl (C=O) groups excluding carboxylic acids is 1. The van der Waals surface area contributed by atoms with Gasteiger partial charge in [0.1, 0.15) is 4.90 Å². The Balaban J connectivity index is 3.23. The Morgan fingerprint density at radius 1 is 1.35 bits per heavy atom. The van der Waals surface area contributed by atoms with Gasteiger partial charge in [0.05, 0.1) is 5.69 Å². The lowest BCUT2D eigenvalue weighted by Gasteiger charge is -2.14. The van der Waals surface area contributed by atoms with Crippen molar-refractivity contribution in [3.63, 3.8) is 0 Å². The summed E-state index contributed by atoms with van der Waals surface area (Å²) >= 11 is 0. The van der Waals surface area contributed by atoms with E-state index < -0.39 is 15.9 Å². The van der Waals surface area contributed by atoms with Crippen molar-refractivity contribution in [1.29, 1.82) is 0 Å². The standard InChI is InChI=1S/C12H22N4O3S/c1-5-8(6-2)14-12(17)10-11(20(13,18)19)9(7(3)4)15-16-10/h7-8H,5-6H2,1-4H3,(H,14,17)(H,15,16)(H2,13,18,19). The molecule has 114 valence electrons. The summed E-state index contributed by atoms with van der Waals surface area (Å²) in [7, 11) is -4.01. The quantitative estimate of drug-likeness (QED) is 0.729. The number of sulfonamides is 1. The maximum atomic E-state index is 12.2. The lowest BCUT2D eigenvalue weighted by atomic mass is 10.1. The number of H-pyrrole nitrogens is 1. The van der Waals surface area contributed by atoms with Gasteiger partial charge in [-0.2, -0.15) is 5.10 Å². The molecule has 4 N–H and O–H groups in total. The van der Waals surface area contributed by atoms with Crippen LogP contribution in [-0.4, -0.2) is 30.6 Å². The molecule has 0 fully saturated rings. The first-order chi connectivity index (χ1) is 9.22. The largest absolute Gasteiger partial charge is 0.348 e. The Hall–Kier alpha value is -1.41. The van der Waals surface area contributed by atoms with E-state index in [1.54, 1.807) is 13.8 Å². The van der Waals surface area contributed by atoms with Crippen molar-refractivity contribution in [2.24, 2.45) is 5.14 Å². The fourth-order valence-electron chi connectivity index (χ4n) is 1.92. The van der Waals surface area contributed by atoms with Crippen molar-refractivity contribution >= 4 is 15.9 Å². The summed E-state index contributed by atoms with van der Waals surface area (Å²) in [6.45, 7) is 7.48. The van der Waals surface area contributed by atoms with E-state index in [9.17, 15) is 13.2 Å². The van der Waals surface area contributed by atoms with Gasteiger partial charge in [-0.05, 0) is 18.8 Å². The van der Waals surface area contributed by atoms with Crippen molar-refractivity contribution in [1.82, 2.24) is 15.5 Å². The molecule has 1 aromatic rings. The van der Waals surface area contributed by atoms with Crippen molar-refractivity contribution in [2.75, 3.05) is 0 Å². The molecule has 0 bridgehead atoms. The van der Waals surface area contributed by atoms with Crippen LogP contribution >= 0.6 is 0 Å². The van der Waals surface area contributed by atoms with Crippen LogP contribution < -0.4 is 10.5 Å². The molecule has 1 amide bonds. The van der Waals surface area contributed by atoms with Crippen LogP contribution in [0.3, 0.4) is 0 Å². The van der Waals surface area contributed by atoms with Gasteiger partial charge in [0.15, 0.2) is 5.69 Å². The summed E-state index contributed by atoms with van der Waals surface area (Å²) in [4.78, 5) is 12.0. The maximum Gasteiger partial charge on any atom is 0.273 e. The molecule has 0 saturated heterocycles. The zero-order valence-corrected chi connectivity index (χ0v) is 13.0. The van der Waals surface area contributed by atoms with Gasteiger partial charge < -0.3 is 5.32 Å².